The van der Waals surface area contributed by atoms with Gasteiger partial charge in [-0.2, -0.15) is 4.31 Å². The van der Waals surface area contributed by atoms with Gasteiger partial charge in [0, 0.05) is 18.3 Å². The fraction of sp³-hybridized carbons (Fsp3) is 0.435. The second kappa shape index (κ2) is 9.62. The number of hydrogen-bond donors (Lipinski definition) is 1. The molecule has 1 N–H and O–H groups in total. The quantitative estimate of drug-likeness (QED) is 0.683. The highest BCUT2D eigenvalue weighted by molar-refractivity contribution is 7.89. The highest BCUT2D eigenvalue weighted by Gasteiger charge is 2.40. The molecule has 2 aromatic rings. The van der Waals surface area contributed by atoms with Gasteiger partial charge in [-0.05, 0) is 61.9 Å². The molecule has 162 valence electrons. The molecular formula is C23H30N2O4S. The van der Waals surface area contributed by atoms with Crippen molar-refractivity contribution < 1.29 is 17.9 Å². The summed E-state index contributed by atoms with van der Waals surface area (Å²) in [4.78, 5) is 13.1. The number of benzene rings is 2. The molecule has 0 spiro atoms. The Hall–Kier alpha value is -2.38. The van der Waals surface area contributed by atoms with E-state index in [9.17, 15) is 13.2 Å². The number of sulfonamides is 1. The average Bonchev–Trinajstić information content (AvgIpc) is 3.24. The van der Waals surface area contributed by atoms with Gasteiger partial charge in [-0.25, -0.2) is 8.42 Å². The van der Waals surface area contributed by atoms with E-state index < -0.39 is 16.1 Å². The molecular weight excluding hydrogens is 400 g/mol. The standard InChI is InChI=1S/C23H30N2O4S/c1-4-5-7-18-10-12-19(13-11-18)24-23(26)21-8-6-15-25(21)30(27,28)22-16-20(29-3)14-9-17(22)2/h9-14,16,21H,4-8,15H2,1-3H3,(H,24,26)/t21-/m1/s1. The Morgan fingerprint density at radius 3 is 2.60 bits per heavy atom. The first kappa shape index (κ1) is 22.3. The molecule has 0 aliphatic carbocycles. The van der Waals surface area contributed by atoms with Crippen LogP contribution in [-0.4, -0.2) is 38.3 Å². The van der Waals surface area contributed by atoms with Crippen LogP contribution in [0.15, 0.2) is 47.4 Å². The Labute approximate surface area is 179 Å². The highest BCUT2D eigenvalue weighted by atomic mass is 32.2. The molecule has 1 fully saturated rings. The number of carbonyl (C=O) groups is 1. The molecule has 1 atom stereocenters. The number of ether oxygens (including phenoxy) is 1. The van der Waals surface area contributed by atoms with E-state index in [-0.39, 0.29) is 10.8 Å². The van der Waals surface area contributed by atoms with E-state index in [2.05, 4.69) is 12.2 Å². The number of nitrogens with one attached hydrogen (secondary N) is 1. The lowest BCUT2D eigenvalue weighted by Gasteiger charge is -2.24. The third-order valence-corrected chi connectivity index (χ3v) is 7.58. The van der Waals surface area contributed by atoms with Gasteiger partial charge in [0.15, 0.2) is 0 Å². The maximum atomic E-state index is 13.3. The van der Waals surface area contributed by atoms with Crippen molar-refractivity contribution in [2.75, 3.05) is 19.0 Å². The number of carbonyl (C=O) groups excluding carboxylic acids is 1. The van der Waals surface area contributed by atoms with Crippen molar-refractivity contribution in [2.45, 2.75) is 56.9 Å². The summed E-state index contributed by atoms with van der Waals surface area (Å²) in [5, 5.41) is 2.89. The smallest absolute Gasteiger partial charge is 0.244 e. The van der Waals surface area contributed by atoms with Crippen LogP contribution in [-0.2, 0) is 21.2 Å². The number of unbranched alkanes of at least 4 members (excludes halogenated alkanes) is 1. The molecule has 30 heavy (non-hydrogen) atoms. The van der Waals surface area contributed by atoms with Crippen LogP contribution in [0.1, 0.15) is 43.7 Å². The van der Waals surface area contributed by atoms with Crippen LogP contribution in [0.3, 0.4) is 0 Å². The summed E-state index contributed by atoms with van der Waals surface area (Å²) in [5.41, 5.74) is 2.54. The first-order valence-electron chi connectivity index (χ1n) is 10.4. The zero-order valence-corrected chi connectivity index (χ0v) is 18.7. The number of anilines is 1. The first-order valence-corrected chi connectivity index (χ1v) is 11.9. The Morgan fingerprint density at radius 1 is 1.20 bits per heavy atom. The topological polar surface area (TPSA) is 75.7 Å². The minimum Gasteiger partial charge on any atom is -0.497 e. The van der Waals surface area contributed by atoms with Gasteiger partial charge in [0.1, 0.15) is 11.8 Å². The van der Waals surface area contributed by atoms with Gasteiger partial charge in [0.25, 0.3) is 0 Å². The second-order valence-electron chi connectivity index (χ2n) is 7.69. The molecule has 7 heteroatoms. The van der Waals surface area contributed by atoms with Crippen molar-refractivity contribution in [3.8, 4) is 5.75 Å². The summed E-state index contributed by atoms with van der Waals surface area (Å²) in [6.07, 6.45) is 4.43. The lowest BCUT2D eigenvalue weighted by Crippen LogP contribution is -2.43. The van der Waals surface area contributed by atoms with Crippen molar-refractivity contribution >= 4 is 21.6 Å². The monoisotopic (exact) mass is 430 g/mol. The van der Waals surface area contributed by atoms with Crippen molar-refractivity contribution in [3.63, 3.8) is 0 Å². The van der Waals surface area contributed by atoms with Gasteiger partial charge in [-0.1, -0.05) is 31.5 Å². The van der Waals surface area contributed by atoms with Crippen LogP contribution in [0.4, 0.5) is 5.69 Å². The summed E-state index contributed by atoms with van der Waals surface area (Å²) < 4.78 is 33.2. The molecule has 6 nitrogen and oxygen atoms in total. The van der Waals surface area contributed by atoms with Crippen LogP contribution in [0.2, 0.25) is 0 Å². The normalized spacial score (nSPS) is 17.1. The van der Waals surface area contributed by atoms with Crippen molar-refractivity contribution in [3.05, 3.63) is 53.6 Å². The second-order valence-corrected chi connectivity index (χ2v) is 9.55. The van der Waals surface area contributed by atoms with Gasteiger partial charge in [-0.3, -0.25) is 4.79 Å². The molecule has 1 aliphatic heterocycles. The Bertz CT molecular complexity index is 987. The van der Waals surface area contributed by atoms with E-state index in [4.69, 9.17) is 4.74 Å². The van der Waals surface area contributed by atoms with E-state index in [1.165, 1.54) is 23.0 Å². The number of hydrogen-bond acceptors (Lipinski definition) is 4. The Balaban J connectivity index is 1.77. The molecule has 1 saturated heterocycles. The number of methoxy groups -OCH3 is 1. The number of rotatable bonds is 8. The predicted octanol–water partition coefficient (Wildman–Crippen LogP) is 4.14. The van der Waals surface area contributed by atoms with Crippen molar-refractivity contribution in [2.24, 2.45) is 0 Å². The largest absolute Gasteiger partial charge is 0.497 e. The third kappa shape index (κ3) is 4.84. The Morgan fingerprint density at radius 2 is 1.93 bits per heavy atom. The molecule has 0 saturated carbocycles. The molecule has 0 aromatic heterocycles. The van der Waals surface area contributed by atoms with E-state index >= 15 is 0 Å². The lowest BCUT2D eigenvalue weighted by atomic mass is 10.1. The number of aryl methyl sites for hydroxylation is 2. The molecule has 1 amide bonds. The van der Waals surface area contributed by atoms with Gasteiger partial charge >= 0.3 is 0 Å². The fourth-order valence-corrected chi connectivity index (χ4v) is 5.66. The number of amides is 1. The van der Waals surface area contributed by atoms with E-state index in [1.54, 1.807) is 19.1 Å². The minimum atomic E-state index is -3.81. The third-order valence-electron chi connectivity index (χ3n) is 5.53. The number of nitrogens with zero attached hydrogens (tertiary/aromatic N) is 1. The van der Waals surface area contributed by atoms with E-state index in [0.717, 1.165) is 19.3 Å². The predicted molar refractivity (Wildman–Crippen MR) is 118 cm³/mol. The van der Waals surface area contributed by atoms with E-state index in [1.807, 2.05) is 24.3 Å². The van der Waals surface area contributed by atoms with E-state index in [0.29, 0.717) is 36.4 Å². The van der Waals surface area contributed by atoms with Crippen LogP contribution < -0.4 is 10.1 Å². The SMILES string of the molecule is CCCCc1ccc(NC(=O)[C@H]2CCCN2S(=O)(=O)c2cc(OC)ccc2C)cc1. The summed E-state index contributed by atoms with van der Waals surface area (Å²) >= 11 is 0. The zero-order chi connectivity index (χ0) is 21.7. The maximum Gasteiger partial charge on any atom is 0.244 e. The molecule has 1 aliphatic rings. The molecule has 0 unspecified atom stereocenters. The van der Waals surface area contributed by atoms with Crippen molar-refractivity contribution in [1.82, 2.24) is 4.31 Å². The lowest BCUT2D eigenvalue weighted by molar-refractivity contribution is -0.119. The van der Waals surface area contributed by atoms with Crippen molar-refractivity contribution in [1.29, 1.82) is 0 Å². The first-order chi connectivity index (χ1) is 14.4. The molecule has 3 rings (SSSR count). The van der Waals surface area contributed by atoms with Gasteiger partial charge in [0.05, 0.1) is 12.0 Å². The summed E-state index contributed by atoms with van der Waals surface area (Å²) in [5.74, 6) is 0.181. The summed E-state index contributed by atoms with van der Waals surface area (Å²) in [6, 6.07) is 12.0. The molecule has 2 aromatic carbocycles. The van der Waals surface area contributed by atoms with Crippen LogP contribution >= 0.6 is 0 Å². The Kier molecular flexibility index (Phi) is 7.15. The van der Waals surface area contributed by atoms with Crippen LogP contribution in [0, 0.1) is 6.92 Å². The van der Waals surface area contributed by atoms with Gasteiger partial charge in [0.2, 0.25) is 15.9 Å². The van der Waals surface area contributed by atoms with Crippen LogP contribution in [0.5, 0.6) is 5.75 Å². The van der Waals surface area contributed by atoms with Gasteiger partial charge < -0.3 is 10.1 Å². The molecule has 1 heterocycles. The molecule has 0 bridgehead atoms. The maximum absolute atomic E-state index is 13.3. The highest BCUT2D eigenvalue weighted by Crippen LogP contribution is 2.30. The summed E-state index contributed by atoms with van der Waals surface area (Å²) in [6.45, 7) is 4.23. The minimum absolute atomic E-state index is 0.182. The van der Waals surface area contributed by atoms with Gasteiger partial charge in [-0.15, -0.1) is 0 Å². The average molecular weight is 431 g/mol. The zero-order valence-electron chi connectivity index (χ0n) is 17.8. The fourth-order valence-electron chi connectivity index (χ4n) is 3.76. The summed E-state index contributed by atoms with van der Waals surface area (Å²) in [7, 11) is -2.31. The molecule has 0 radical (unpaired) electrons. The van der Waals surface area contributed by atoms with Crippen LogP contribution in [0.25, 0.3) is 0 Å².